The minimum absolute atomic E-state index is 0.00707. The number of methoxy groups -OCH3 is 1. The SMILES string of the molecule is COc1ccc(C(=C2CCOC2=O)c2ccc(S(N)(=O)=O)cc2)cc1Cl. The zero-order valence-corrected chi connectivity index (χ0v) is 15.4. The molecule has 0 amide bonds. The van der Waals surface area contributed by atoms with E-state index in [4.69, 9.17) is 26.2 Å². The molecule has 6 nitrogen and oxygen atoms in total. The lowest BCUT2D eigenvalue weighted by Crippen LogP contribution is -2.12. The minimum atomic E-state index is -3.80. The largest absolute Gasteiger partial charge is 0.495 e. The fourth-order valence-corrected chi connectivity index (χ4v) is 3.58. The van der Waals surface area contributed by atoms with Gasteiger partial charge in [0.1, 0.15) is 5.75 Å². The average molecular weight is 394 g/mol. The fraction of sp³-hybridized carbons (Fsp3) is 0.167. The first-order valence-electron chi connectivity index (χ1n) is 7.68. The number of benzene rings is 2. The van der Waals surface area contributed by atoms with Crippen LogP contribution in [0.1, 0.15) is 17.5 Å². The molecule has 1 fully saturated rings. The van der Waals surface area contributed by atoms with Crippen LogP contribution in [0.2, 0.25) is 5.02 Å². The first-order valence-corrected chi connectivity index (χ1v) is 9.61. The molecule has 1 heterocycles. The molecule has 136 valence electrons. The Labute approximate surface area is 156 Å². The molecule has 1 aliphatic rings. The van der Waals surface area contributed by atoms with Crippen molar-refractivity contribution in [1.82, 2.24) is 0 Å². The van der Waals surface area contributed by atoms with Gasteiger partial charge in [0.2, 0.25) is 10.0 Å². The van der Waals surface area contributed by atoms with Crippen LogP contribution in [0.4, 0.5) is 0 Å². The molecular formula is C18H16ClNO5S. The summed E-state index contributed by atoms with van der Waals surface area (Å²) in [6.07, 6.45) is 0.453. The van der Waals surface area contributed by atoms with E-state index in [1.54, 1.807) is 30.3 Å². The normalized spacial score (nSPS) is 16.3. The van der Waals surface area contributed by atoms with Gasteiger partial charge in [-0.05, 0) is 41.0 Å². The molecule has 0 bridgehead atoms. The van der Waals surface area contributed by atoms with Crippen LogP contribution in [-0.4, -0.2) is 28.1 Å². The van der Waals surface area contributed by atoms with Crippen molar-refractivity contribution in [2.45, 2.75) is 11.3 Å². The second kappa shape index (κ2) is 7.11. The highest BCUT2D eigenvalue weighted by Gasteiger charge is 2.25. The molecule has 0 unspecified atom stereocenters. The van der Waals surface area contributed by atoms with Gasteiger partial charge in [-0.2, -0.15) is 0 Å². The van der Waals surface area contributed by atoms with Crippen molar-refractivity contribution in [2.24, 2.45) is 5.14 Å². The van der Waals surface area contributed by atoms with Crippen LogP contribution in [0.25, 0.3) is 5.57 Å². The third-order valence-electron chi connectivity index (χ3n) is 4.05. The van der Waals surface area contributed by atoms with Gasteiger partial charge in [0.25, 0.3) is 0 Å². The molecule has 1 saturated heterocycles. The number of primary sulfonamides is 1. The van der Waals surface area contributed by atoms with E-state index in [9.17, 15) is 13.2 Å². The predicted octanol–water partition coefficient (Wildman–Crippen LogP) is 2.74. The molecule has 8 heteroatoms. The summed E-state index contributed by atoms with van der Waals surface area (Å²) in [6, 6.07) is 11.2. The Hall–Kier alpha value is -2.35. The van der Waals surface area contributed by atoms with Gasteiger partial charge in [0, 0.05) is 12.0 Å². The quantitative estimate of drug-likeness (QED) is 0.636. The van der Waals surface area contributed by atoms with E-state index in [1.807, 2.05) is 0 Å². The van der Waals surface area contributed by atoms with Crippen LogP contribution < -0.4 is 9.88 Å². The Morgan fingerprint density at radius 1 is 1.15 bits per heavy atom. The maximum atomic E-state index is 12.1. The molecule has 0 radical (unpaired) electrons. The van der Waals surface area contributed by atoms with Gasteiger partial charge in [-0.25, -0.2) is 18.4 Å². The smallest absolute Gasteiger partial charge is 0.334 e. The van der Waals surface area contributed by atoms with Crippen molar-refractivity contribution in [3.05, 3.63) is 64.2 Å². The van der Waals surface area contributed by atoms with Gasteiger partial charge in [-0.15, -0.1) is 0 Å². The van der Waals surface area contributed by atoms with Gasteiger partial charge in [0.15, 0.2) is 0 Å². The number of halogens is 1. The van der Waals surface area contributed by atoms with E-state index in [0.29, 0.717) is 46.1 Å². The number of nitrogens with two attached hydrogens (primary N) is 1. The molecule has 3 rings (SSSR count). The van der Waals surface area contributed by atoms with Crippen LogP contribution in [0.15, 0.2) is 52.9 Å². The topological polar surface area (TPSA) is 95.7 Å². The minimum Gasteiger partial charge on any atom is -0.495 e. The second-order valence-electron chi connectivity index (χ2n) is 5.66. The van der Waals surface area contributed by atoms with Crippen molar-refractivity contribution >= 4 is 33.2 Å². The van der Waals surface area contributed by atoms with E-state index < -0.39 is 16.0 Å². The second-order valence-corrected chi connectivity index (χ2v) is 7.63. The molecule has 0 atom stereocenters. The van der Waals surface area contributed by atoms with E-state index in [2.05, 4.69) is 0 Å². The molecule has 0 aliphatic carbocycles. The zero-order chi connectivity index (χ0) is 18.9. The van der Waals surface area contributed by atoms with E-state index in [0.717, 1.165) is 0 Å². The lowest BCUT2D eigenvalue weighted by atomic mass is 9.92. The molecule has 2 N–H and O–H groups in total. The maximum absolute atomic E-state index is 12.1. The highest BCUT2D eigenvalue weighted by Crippen LogP contribution is 2.35. The number of esters is 1. The standard InChI is InChI=1S/C18H16ClNO5S/c1-24-16-7-4-12(10-15(16)19)17(14-8-9-25-18(14)21)11-2-5-13(6-3-11)26(20,22)23/h2-7,10H,8-9H2,1H3,(H2,20,22,23). The Morgan fingerprint density at radius 3 is 2.31 bits per heavy atom. The molecule has 2 aromatic carbocycles. The van der Waals surface area contributed by atoms with Crippen LogP contribution >= 0.6 is 11.6 Å². The molecule has 1 aliphatic heterocycles. The summed E-state index contributed by atoms with van der Waals surface area (Å²) >= 11 is 6.23. The van der Waals surface area contributed by atoms with Crippen LogP contribution in [-0.2, 0) is 19.6 Å². The highest BCUT2D eigenvalue weighted by molar-refractivity contribution is 7.89. The van der Waals surface area contributed by atoms with Gasteiger partial charge in [-0.3, -0.25) is 0 Å². The van der Waals surface area contributed by atoms with Gasteiger partial charge in [-0.1, -0.05) is 29.8 Å². The maximum Gasteiger partial charge on any atom is 0.334 e. The zero-order valence-electron chi connectivity index (χ0n) is 13.9. The summed E-state index contributed by atoms with van der Waals surface area (Å²) in [5.41, 5.74) is 2.51. The van der Waals surface area contributed by atoms with Gasteiger partial charge < -0.3 is 9.47 Å². The van der Waals surface area contributed by atoms with Crippen molar-refractivity contribution in [2.75, 3.05) is 13.7 Å². The number of ether oxygens (including phenoxy) is 2. The Bertz CT molecular complexity index is 997. The predicted molar refractivity (Wildman–Crippen MR) is 97.4 cm³/mol. The number of carbonyl (C=O) groups is 1. The number of hydrogen-bond acceptors (Lipinski definition) is 5. The van der Waals surface area contributed by atoms with Gasteiger partial charge >= 0.3 is 5.97 Å². The first kappa shape index (κ1) is 18.4. The van der Waals surface area contributed by atoms with Gasteiger partial charge in [0.05, 0.1) is 23.6 Å². The molecule has 2 aromatic rings. The van der Waals surface area contributed by atoms with Crippen molar-refractivity contribution in [3.63, 3.8) is 0 Å². The third kappa shape index (κ3) is 3.60. The Balaban J connectivity index is 2.17. The highest BCUT2D eigenvalue weighted by atomic mass is 35.5. The molecule has 0 spiro atoms. The van der Waals surface area contributed by atoms with E-state index >= 15 is 0 Å². The summed E-state index contributed by atoms with van der Waals surface area (Å²) in [5.74, 6) is 0.112. The van der Waals surface area contributed by atoms with Crippen LogP contribution in [0, 0.1) is 0 Å². The molecule has 26 heavy (non-hydrogen) atoms. The Morgan fingerprint density at radius 2 is 1.81 bits per heavy atom. The number of rotatable bonds is 4. The summed E-state index contributed by atoms with van der Waals surface area (Å²) in [5, 5.41) is 5.54. The Kier molecular flexibility index (Phi) is 5.04. The monoisotopic (exact) mass is 393 g/mol. The first-order chi connectivity index (χ1) is 12.3. The lowest BCUT2D eigenvalue weighted by molar-refractivity contribution is -0.135. The molecular weight excluding hydrogens is 378 g/mol. The van der Waals surface area contributed by atoms with E-state index in [-0.39, 0.29) is 4.90 Å². The van der Waals surface area contributed by atoms with Crippen molar-refractivity contribution < 1.29 is 22.7 Å². The average Bonchev–Trinajstić information content (AvgIpc) is 3.01. The van der Waals surface area contributed by atoms with E-state index in [1.165, 1.54) is 19.2 Å². The molecule has 0 saturated carbocycles. The fourth-order valence-electron chi connectivity index (χ4n) is 2.81. The van der Waals surface area contributed by atoms with Crippen molar-refractivity contribution in [1.29, 1.82) is 0 Å². The molecule has 0 aromatic heterocycles. The third-order valence-corrected chi connectivity index (χ3v) is 5.27. The summed E-state index contributed by atoms with van der Waals surface area (Å²) in [6.45, 7) is 0.302. The summed E-state index contributed by atoms with van der Waals surface area (Å²) < 4.78 is 33.2. The van der Waals surface area contributed by atoms with Crippen LogP contribution in [0.5, 0.6) is 5.75 Å². The summed E-state index contributed by atoms with van der Waals surface area (Å²) in [4.78, 5) is 12.1. The lowest BCUT2D eigenvalue weighted by Gasteiger charge is -2.13. The number of sulfonamides is 1. The number of hydrogen-bond donors (Lipinski definition) is 1. The number of carbonyl (C=O) groups excluding carboxylic acids is 1. The van der Waals surface area contributed by atoms with Crippen LogP contribution in [0.3, 0.4) is 0 Å². The summed E-state index contributed by atoms with van der Waals surface area (Å²) in [7, 11) is -2.29. The van der Waals surface area contributed by atoms with Crippen molar-refractivity contribution in [3.8, 4) is 5.75 Å². The number of cyclic esters (lactones) is 1.